The number of ketones is 1. The normalized spacial score (nSPS) is 10.2. The Morgan fingerprint density at radius 1 is 1.20 bits per heavy atom. The number of rotatable bonds is 6. The van der Waals surface area contributed by atoms with Gasteiger partial charge in [0.2, 0.25) is 0 Å². The van der Waals surface area contributed by atoms with Crippen molar-refractivity contribution >= 4 is 29.0 Å². The van der Waals surface area contributed by atoms with Crippen molar-refractivity contribution in [2.24, 2.45) is 0 Å². The summed E-state index contributed by atoms with van der Waals surface area (Å²) >= 11 is 5.72. The Morgan fingerprint density at radius 2 is 1.92 bits per heavy atom. The third-order valence-corrected chi connectivity index (χ3v) is 3.66. The zero-order valence-corrected chi connectivity index (χ0v) is 14.2. The summed E-state index contributed by atoms with van der Waals surface area (Å²) < 4.78 is 10.3. The molecule has 0 N–H and O–H groups in total. The third kappa shape index (κ3) is 4.33. The van der Waals surface area contributed by atoms with Gasteiger partial charge >= 0.3 is 5.97 Å². The molecule has 0 aromatic heterocycles. The number of hydrogen-bond donors (Lipinski definition) is 0. The first kappa shape index (κ1) is 18.4. The fourth-order valence-electron chi connectivity index (χ4n) is 2.16. The molecular formula is C17H14ClNO6. The van der Waals surface area contributed by atoms with Gasteiger partial charge in [0.1, 0.15) is 17.9 Å². The van der Waals surface area contributed by atoms with Crippen molar-refractivity contribution in [1.29, 1.82) is 0 Å². The number of nitrogens with zero attached hydrogens (tertiary/aromatic N) is 1. The Morgan fingerprint density at radius 3 is 2.52 bits per heavy atom. The summed E-state index contributed by atoms with van der Waals surface area (Å²) in [7, 11) is 1.44. The molecule has 0 spiro atoms. The van der Waals surface area contributed by atoms with E-state index >= 15 is 0 Å². The van der Waals surface area contributed by atoms with E-state index in [9.17, 15) is 19.7 Å². The maximum absolute atomic E-state index is 12.2. The van der Waals surface area contributed by atoms with Crippen molar-refractivity contribution in [3.63, 3.8) is 0 Å². The van der Waals surface area contributed by atoms with Gasteiger partial charge < -0.3 is 9.47 Å². The molecule has 0 unspecified atom stereocenters. The fourth-order valence-corrected chi connectivity index (χ4v) is 2.33. The number of esters is 1. The number of halogens is 1. The number of carbonyl (C=O) groups is 2. The van der Waals surface area contributed by atoms with Crippen LogP contribution in [-0.4, -0.2) is 23.8 Å². The molecule has 0 aliphatic rings. The van der Waals surface area contributed by atoms with Gasteiger partial charge in [0, 0.05) is 22.2 Å². The molecule has 25 heavy (non-hydrogen) atoms. The molecule has 0 bridgehead atoms. The van der Waals surface area contributed by atoms with Crippen LogP contribution in [0.4, 0.5) is 5.69 Å². The van der Waals surface area contributed by atoms with Gasteiger partial charge in [-0.2, -0.15) is 0 Å². The van der Waals surface area contributed by atoms with Gasteiger partial charge in [-0.25, -0.2) is 4.79 Å². The molecular weight excluding hydrogens is 350 g/mol. The Labute approximate surface area is 148 Å². The lowest BCUT2D eigenvalue weighted by atomic mass is 10.1. The number of nitro groups is 1. The van der Waals surface area contributed by atoms with E-state index in [4.69, 9.17) is 21.1 Å². The van der Waals surface area contributed by atoms with Gasteiger partial charge in [-0.15, -0.1) is 0 Å². The van der Waals surface area contributed by atoms with Crippen molar-refractivity contribution < 1.29 is 24.0 Å². The van der Waals surface area contributed by atoms with Crippen molar-refractivity contribution in [3.05, 3.63) is 68.2 Å². The highest BCUT2D eigenvalue weighted by molar-refractivity contribution is 6.31. The van der Waals surface area contributed by atoms with E-state index in [2.05, 4.69) is 0 Å². The van der Waals surface area contributed by atoms with Gasteiger partial charge in [-0.1, -0.05) is 11.6 Å². The highest BCUT2D eigenvalue weighted by atomic mass is 35.5. The van der Waals surface area contributed by atoms with Crippen LogP contribution in [0.5, 0.6) is 5.75 Å². The van der Waals surface area contributed by atoms with Crippen LogP contribution in [0.1, 0.15) is 33.2 Å². The average molecular weight is 364 g/mol. The minimum Gasteiger partial charge on any atom is -0.496 e. The molecule has 7 nitrogen and oxygen atoms in total. The van der Waals surface area contributed by atoms with E-state index in [1.54, 1.807) is 18.2 Å². The molecule has 2 rings (SSSR count). The van der Waals surface area contributed by atoms with Crippen LogP contribution in [0.25, 0.3) is 0 Å². The van der Waals surface area contributed by atoms with Gasteiger partial charge in [-0.3, -0.25) is 14.9 Å². The van der Waals surface area contributed by atoms with E-state index < -0.39 is 16.6 Å². The van der Waals surface area contributed by atoms with Crippen molar-refractivity contribution in [2.45, 2.75) is 13.5 Å². The Bertz CT molecular complexity index is 849. The Balaban J connectivity index is 2.25. The van der Waals surface area contributed by atoms with Gasteiger partial charge in [-0.05, 0) is 37.3 Å². The van der Waals surface area contributed by atoms with Gasteiger partial charge in [0.15, 0.2) is 5.78 Å². The highest BCUT2D eigenvalue weighted by Gasteiger charge is 2.22. The first-order chi connectivity index (χ1) is 11.8. The SMILES string of the molecule is COc1ccc(C(C)=O)cc1COC(=O)c1ccc(Cl)cc1[N+](=O)[O-]. The summed E-state index contributed by atoms with van der Waals surface area (Å²) in [6.45, 7) is 1.21. The van der Waals surface area contributed by atoms with Crippen LogP contribution in [0.3, 0.4) is 0 Å². The van der Waals surface area contributed by atoms with Crippen LogP contribution in [0.2, 0.25) is 5.02 Å². The summed E-state index contributed by atoms with van der Waals surface area (Å²) in [4.78, 5) is 34.0. The number of hydrogen-bond acceptors (Lipinski definition) is 6. The predicted octanol–water partition coefficient (Wildman–Crippen LogP) is 3.82. The molecule has 0 fully saturated rings. The lowest BCUT2D eigenvalue weighted by molar-refractivity contribution is -0.385. The molecule has 2 aromatic carbocycles. The lowest BCUT2D eigenvalue weighted by Crippen LogP contribution is -2.09. The zero-order valence-electron chi connectivity index (χ0n) is 13.4. The largest absolute Gasteiger partial charge is 0.496 e. The van der Waals surface area contributed by atoms with Crippen molar-refractivity contribution in [2.75, 3.05) is 7.11 Å². The van der Waals surface area contributed by atoms with Crippen molar-refractivity contribution in [3.8, 4) is 5.75 Å². The number of Topliss-reactive ketones (excluding diaryl/α,β-unsaturated/α-hetero) is 1. The highest BCUT2D eigenvalue weighted by Crippen LogP contribution is 2.26. The standard InChI is InChI=1S/C17H14ClNO6/c1-10(20)11-3-6-16(24-2)12(7-11)9-25-17(21)14-5-4-13(18)8-15(14)19(22)23/h3-8H,9H2,1-2H3. The van der Waals surface area contributed by atoms with Crippen LogP contribution in [-0.2, 0) is 11.3 Å². The maximum atomic E-state index is 12.2. The first-order valence-corrected chi connectivity index (χ1v) is 7.50. The van der Waals surface area contributed by atoms with Crippen LogP contribution >= 0.6 is 11.6 Å². The fraction of sp³-hybridized carbons (Fsp3) is 0.176. The summed E-state index contributed by atoms with van der Waals surface area (Å²) in [5.74, 6) is -0.592. The summed E-state index contributed by atoms with van der Waals surface area (Å²) in [5, 5.41) is 11.2. The molecule has 0 aliphatic carbocycles. The van der Waals surface area contributed by atoms with E-state index in [-0.39, 0.29) is 23.0 Å². The van der Waals surface area contributed by atoms with Gasteiger partial charge in [0.05, 0.1) is 12.0 Å². The Kier molecular flexibility index (Phi) is 5.71. The van der Waals surface area contributed by atoms with E-state index in [1.807, 2.05) is 0 Å². The Hall–Kier alpha value is -2.93. The second-order valence-electron chi connectivity index (χ2n) is 5.08. The summed E-state index contributed by atoms with van der Waals surface area (Å²) in [6, 6.07) is 8.40. The molecule has 0 atom stereocenters. The van der Waals surface area contributed by atoms with Gasteiger partial charge in [0.25, 0.3) is 5.69 Å². The molecule has 0 heterocycles. The second kappa shape index (κ2) is 7.76. The number of benzene rings is 2. The van der Waals surface area contributed by atoms with E-state index in [0.717, 1.165) is 6.07 Å². The maximum Gasteiger partial charge on any atom is 0.345 e. The molecule has 2 aromatic rings. The summed E-state index contributed by atoms with van der Waals surface area (Å²) in [5.41, 5.74) is 0.252. The predicted molar refractivity (Wildman–Crippen MR) is 90.2 cm³/mol. The third-order valence-electron chi connectivity index (χ3n) is 3.42. The molecule has 130 valence electrons. The molecule has 0 amide bonds. The number of carbonyl (C=O) groups excluding carboxylic acids is 2. The zero-order chi connectivity index (χ0) is 18.6. The number of methoxy groups -OCH3 is 1. The van der Waals surface area contributed by atoms with Crippen LogP contribution in [0.15, 0.2) is 36.4 Å². The molecule has 0 saturated heterocycles. The average Bonchev–Trinajstić information content (AvgIpc) is 2.59. The molecule has 0 saturated carbocycles. The second-order valence-corrected chi connectivity index (χ2v) is 5.51. The quantitative estimate of drug-likeness (QED) is 0.335. The lowest BCUT2D eigenvalue weighted by Gasteiger charge is -2.11. The minimum atomic E-state index is -0.876. The molecule has 0 aliphatic heterocycles. The molecule has 8 heteroatoms. The van der Waals surface area contributed by atoms with E-state index in [1.165, 1.54) is 26.2 Å². The van der Waals surface area contributed by atoms with Crippen molar-refractivity contribution in [1.82, 2.24) is 0 Å². The number of nitro benzene ring substituents is 1. The monoisotopic (exact) mass is 363 g/mol. The minimum absolute atomic E-state index is 0.138. The van der Waals surface area contributed by atoms with E-state index in [0.29, 0.717) is 16.9 Å². The van der Waals surface area contributed by atoms with Crippen LogP contribution < -0.4 is 4.74 Å². The topological polar surface area (TPSA) is 95.7 Å². The smallest absolute Gasteiger partial charge is 0.345 e. The van der Waals surface area contributed by atoms with Crippen LogP contribution in [0, 0.1) is 10.1 Å². The summed E-state index contributed by atoms with van der Waals surface area (Å²) in [6.07, 6.45) is 0. The molecule has 0 radical (unpaired) electrons. The number of ether oxygens (including phenoxy) is 2. The first-order valence-electron chi connectivity index (χ1n) is 7.12.